The predicted octanol–water partition coefficient (Wildman–Crippen LogP) is 1.62. The van der Waals surface area contributed by atoms with Crippen LogP contribution in [0, 0.1) is 5.92 Å². The Morgan fingerprint density at radius 2 is 1.83 bits per heavy atom. The van der Waals surface area contributed by atoms with Crippen LogP contribution in [0.1, 0.15) is 6.42 Å². The summed E-state index contributed by atoms with van der Waals surface area (Å²) in [5.74, 6) is -3.81. The minimum Gasteiger partial charge on any atom is -0.462 e. The van der Waals surface area contributed by atoms with Gasteiger partial charge in [-0.1, -0.05) is 46.4 Å². The van der Waals surface area contributed by atoms with Crippen molar-refractivity contribution in [1.29, 1.82) is 0 Å². The van der Waals surface area contributed by atoms with Crippen LogP contribution in [0.4, 0.5) is 4.79 Å². The van der Waals surface area contributed by atoms with Gasteiger partial charge in [-0.25, -0.2) is 9.59 Å². The predicted molar refractivity (Wildman–Crippen MR) is 79.2 cm³/mol. The molecule has 2 atom stereocenters. The highest BCUT2D eigenvalue weighted by Gasteiger charge is 2.51. The number of nitrogens with zero attached hydrogens (tertiary/aromatic N) is 1. The number of amides is 2. The van der Waals surface area contributed by atoms with Crippen LogP contribution >= 0.6 is 46.4 Å². The van der Waals surface area contributed by atoms with Crippen LogP contribution in [0.5, 0.6) is 0 Å². The first-order chi connectivity index (χ1) is 10.6. The summed E-state index contributed by atoms with van der Waals surface area (Å²) in [5, 5.41) is 0. The van der Waals surface area contributed by atoms with Crippen LogP contribution in [-0.2, 0) is 28.6 Å². The first-order valence-electron chi connectivity index (χ1n) is 6.04. The third kappa shape index (κ3) is 5.56. The van der Waals surface area contributed by atoms with Gasteiger partial charge in [0.15, 0.2) is 0 Å². The molecule has 1 saturated heterocycles. The molecule has 1 heterocycles. The summed E-state index contributed by atoms with van der Waals surface area (Å²) in [4.78, 5) is 46.0. The highest BCUT2D eigenvalue weighted by molar-refractivity contribution is 6.67. The lowest BCUT2D eigenvalue weighted by Crippen LogP contribution is -2.62. The average molecular weight is 411 g/mol. The van der Waals surface area contributed by atoms with Crippen molar-refractivity contribution in [2.24, 2.45) is 5.92 Å². The van der Waals surface area contributed by atoms with Crippen molar-refractivity contribution in [2.75, 3.05) is 20.3 Å². The maximum atomic E-state index is 11.8. The van der Waals surface area contributed by atoms with E-state index in [0.29, 0.717) is 4.90 Å². The molecule has 0 spiro atoms. The lowest BCUT2D eigenvalue weighted by molar-refractivity contribution is -0.171. The normalized spacial score (nSPS) is 20.6. The van der Waals surface area contributed by atoms with E-state index in [-0.39, 0.29) is 13.0 Å². The molecule has 0 aromatic carbocycles. The Bertz CT molecular complexity index is 507. The van der Waals surface area contributed by atoms with Gasteiger partial charge in [-0.15, -0.1) is 0 Å². The molecule has 12 heteroatoms. The summed E-state index contributed by atoms with van der Waals surface area (Å²) >= 11 is 22.0. The molecule has 0 aliphatic carbocycles. The lowest BCUT2D eigenvalue weighted by Gasteiger charge is -2.40. The van der Waals surface area contributed by atoms with Gasteiger partial charge in [-0.2, -0.15) is 0 Å². The summed E-state index contributed by atoms with van der Waals surface area (Å²) in [7, 11) is 1.00. The Morgan fingerprint density at radius 1 is 1.22 bits per heavy atom. The molecule has 1 rings (SSSR count). The number of esters is 1. The van der Waals surface area contributed by atoms with E-state index in [0.717, 1.165) is 7.11 Å². The van der Waals surface area contributed by atoms with E-state index in [1.807, 2.05) is 0 Å². The molecule has 0 radical (unpaired) electrons. The summed E-state index contributed by atoms with van der Waals surface area (Å²) in [6.45, 7) is -0.711. The van der Waals surface area contributed by atoms with Crippen LogP contribution in [0.3, 0.4) is 0 Å². The largest absolute Gasteiger partial charge is 0.508 e. The summed E-state index contributed by atoms with van der Waals surface area (Å²) in [5.41, 5.74) is -1.03. The number of ether oxygens (including phenoxy) is 3. The Morgan fingerprint density at radius 3 is 2.30 bits per heavy atom. The van der Waals surface area contributed by atoms with E-state index in [9.17, 15) is 19.2 Å². The van der Waals surface area contributed by atoms with E-state index >= 15 is 0 Å². The first-order valence-corrected chi connectivity index (χ1v) is 7.61. The molecular formula is C11H11Cl4NO7. The number of methoxy groups -OCH3 is 1. The minimum atomic E-state index is -1.76. The number of hydrogen-bond donors (Lipinski definition) is 0. The molecule has 130 valence electrons. The molecule has 0 aromatic heterocycles. The summed E-state index contributed by atoms with van der Waals surface area (Å²) in [6, 6.07) is 0. The monoisotopic (exact) mass is 409 g/mol. The highest BCUT2D eigenvalue weighted by atomic mass is 35.6. The first kappa shape index (κ1) is 20.1. The maximum Gasteiger partial charge on any atom is 0.508 e. The van der Waals surface area contributed by atoms with Crippen molar-refractivity contribution in [3.63, 3.8) is 0 Å². The molecule has 0 unspecified atom stereocenters. The van der Waals surface area contributed by atoms with Crippen molar-refractivity contribution in [1.82, 2.24) is 4.90 Å². The van der Waals surface area contributed by atoms with E-state index in [1.165, 1.54) is 0 Å². The van der Waals surface area contributed by atoms with Gasteiger partial charge in [0.2, 0.25) is 9.70 Å². The number of rotatable bonds is 4. The van der Waals surface area contributed by atoms with E-state index in [4.69, 9.17) is 46.4 Å². The van der Waals surface area contributed by atoms with Gasteiger partial charge in [-0.05, 0) is 6.42 Å². The average Bonchev–Trinajstić information content (AvgIpc) is 2.47. The number of carbonyl (C=O) groups excluding carboxylic acids is 4. The van der Waals surface area contributed by atoms with Gasteiger partial charge < -0.3 is 14.2 Å². The van der Waals surface area contributed by atoms with Crippen LogP contribution in [-0.4, -0.2) is 58.5 Å². The smallest absolute Gasteiger partial charge is 0.462 e. The van der Waals surface area contributed by atoms with Crippen LogP contribution in [0.15, 0.2) is 0 Å². The second-order valence-electron chi connectivity index (χ2n) is 4.28. The van der Waals surface area contributed by atoms with E-state index in [1.54, 1.807) is 0 Å². The Labute approximate surface area is 150 Å². The number of carbonyl (C=O) groups is 4. The summed E-state index contributed by atoms with van der Waals surface area (Å²) in [6.07, 6.45) is -1.06. The van der Waals surface area contributed by atoms with Crippen molar-refractivity contribution in [2.45, 2.75) is 15.7 Å². The van der Waals surface area contributed by atoms with Crippen molar-refractivity contribution >= 4 is 70.3 Å². The molecule has 1 aliphatic heterocycles. The molecule has 23 heavy (non-hydrogen) atoms. The van der Waals surface area contributed by atoms with Gasteiger partial charge in [0.05, 0.1) is 19.6 Å². The number of β-lactam (4-membered cyclic amide) rings is 1. The van der Waals surface area contributed by atoms with Crippen molar-refractivity contribution in [3.8, 4) is 0 Å². The molecule has 8 nitrogen and oxygen atoms in total. The van der Waals surface area contributed by atoms with Crippen molar-refractivity contribution < 1.29 is 33.4 Å². The van der Waals surface area contributed by atoms with E-state index < -0.39 is 45.8 Å². The minimum absolute atomic E-state index is 0.0286. The SMILES string of the molecule is COC(=O)C(=O)N1C(=O)[C@H](CCOC(=O)OCC(Cl)(Cl)Cl)[C@H]1Cl. The second-order valence-corrected chi connectivity index (χ2v) is 7.24. The standard InChI is InChI=1S/C11H11Cl4NO7/c1-21-9(19)8(18)16-6(12)5(7(16)17)2-3-22-10(20)23-4-11(13,14)15/h5-6H,2-4H2,1H3/t5-,6+/m1/s1. The van der Waals surface area contributed by atoms with Gasteiger partial charge in [0.25, 0.3) is 0 Å². The fourth-order valence-electron chi connectivity index (χ4n) is 1.63. The van der Waals surface area contributed by atoms with Gasteiger partial charge in [0.1, 0.15) is 12.1 Å². The molecular weight excluding hydrogens is 400 g/mol. The molecule has 0 saturated carbocycles. The number of halogens is 4. The fraction of sp³-hybridized carbons (Fsp3) is 0.636. The molecule has 0 aromatic rings. The Balaban J connectivity index is 2.35. The van der Waals surface area contributed by atoms with Gasteiger partial charge >= 0.3 is 18.0 Å². The topological polar surface area (TPSA) is 99.2 Å². The van der Waals surface area contributed by atoms with Gasteiger partial charge in [0, 0.05) is 0 Å². The van der Waals surface area contributed by atoms with Gasteiger partial charge in [-0.3, -0.25) is 14.5 Å². The fourth-order valence-corrected chi connectivity index (χ4v) is 2.21. The Kier molecular flexibility index (Phi) is 7.19. The molecule has 1 aliphatic rings. The lowest BCUT2D eigenvalue weighted by atomic mass is 9.94. The molecule has 1 fully saturated rings. The number of imide groups is 1. The third-order valence-corrected chi connectivity index (χ3v) is 3.54. The summed E-state index contributed by atoms with van der Waals surface area (Å²) < 4.78 is 11.6. The zero-order valence-electron chi connectivity index (χ0n) is 11.6. The van der Waals surface area contributed by atoms with Crippen LogP contribution < -0.4 is 0 Å². The number of hydrogen-bond acceptors (Lipinski definition) is 7. The molecule has 0 bridgehead atoms. The Hall–Kier alpha value is -0.960. The zero-order valence-corrected chi connectivity index (χ0v) is 14.6. The van der Waals surface area contributed by atoms with Crippen molar-refractivity contribution in [3.05, 3.63) is 0 Å². The third-order valence-electron chi connectivity index (χ3n) is 2.71. The quantitative estimate of drug-likeness (QED) is 0.228. The molecule has 2 amide bonds. The van der Waals surface area contributed by atoms with Crippen LogP contribution in [0.25, 0.3) is 0 Å². The maximum absolute atomic E-state index is 11.8. The zero-order chi connectivity index (χ0) is 17.8. The second kappa shape index (κ2) is 8.23. The number of alkyl halides is 4. The number of likely N-dealkylation sites (tertiary alicyclic amines) is 1. The highest BCUT2D eigenvalue weighted by Crippen LogP contribution is 2.32. The molecule has 0 N–H and O–H groups in total. The van der Waals surface area contributed by atoms with E-state index in [2.05, 4.69) is 14.2 Å². The van der Waals surface area contributed by atoms with Crippen LogP contribution in [0.2, 0.25) is 0 Å².